The second-order valence-electron chi connectivity index (χ2n) is 4.86. The van der Waals surface area contributed by atoms with Crippen LogP contribution in [0.4, 0.5) is 0 Å². The smallest absolute Gasteiger partial charge is 0.380 e. The van der Waals surface area contributed by atoms with E-state index in [1.807, 2.05) is 0 Å². The molecule has 0 aliphatic heterocycles. The van der Waals surface area contributed by atoms with Crippen LogP contribution in [0.1, 0.15) is 20.3 Å². The maximum absolute atomic E-state index is 11.8. The highest BCUT2D eigenvalue weighted by Crippen LogP contribution is 2.47. The lowest BCUT2D eigenvalue weighted by Gasteiger charge is -2.30. The van der Waals surface area contributed by atoms with Crippen molar-refractivity contribution < 1.29 is 33.2 Å². The zero-order valence-corrected chi connectivity index (χ0v) is 14.5. The predicted molar refractivity (Wildman–Crippen MR) is 82.5 cm³/mol. The van der Waals surface area contributed by atoms with Gasteiger partial charge in [0.25, 0.3) is 5.91 Å². The van der Waals surface area contributed by atoms with Gasteiger partial charge in [0.2, 0.25) is 5.91 Å². The van der Waals surface area contributed by atoms with Crippen LogP contribution in [-0.2, 0) is 23.2 Å². The Kier molecular flexibility index (Phi) is 9.21. The summed E-state index contributed by atoms with van der Waals surface area (Å²) in [7, 11) is -3.39. The van der Waals surface area contributed by atoms with Crippen LogP contribution < -0.4 is 10.6 Å². The highest BCUT2D eigenvalue weighted by atomic mass is 32.1. The standard InChI is InChI=1S/C11H23N2O7PS/c1-11(2,20-21(17,18)19-3)9(15)10(16)13-5-4-8(14)12-6-7-22/h9,15,22H,4-7H2,1-3H3,(H,12,14)(H,13,16)(H,17,18)/t9-/m1/s1. The van der Waals surface area contributed by atoms with E-state index in [0.29, 0.717) is 12.3 Å². The molecule has 0 saturated heterocycles. The van der Waals surface area contributed by atoms with Crippen molar-refractivity contribution in [2.45, 2.75) is 32.0 Å². The zero-order chi connectivity index (χ0) is 17.4. The molecule has 2 amide bonds. The van der Waals surface area contributed by atoms with E-state index in [2.05, 4.69) is 27.8 Å². The Hall–Kier alpha value is -0.640. The van der Waals surface area contributed by atoms with Gasteiger partial charge in [-0.1, -0.05) is 0 Å². The van der Waals surface area contributed by atoms with E-state index >= 15 is 0 Å². The molecular weight excluding hydrogens is 335 g/mol. The third-order valence-electron chi connectivity index (χ3n) is 2.57. The Labute approximate surface area is 134 Å². The van der Waals surface area contributed by atoms with E-state index in [9.17, 15) is 24.2 Å². The Balaban J connectivity index is 4.36. The number of phosphoric ester groups is 1. The van der Waals surface area contributed by atoms with Gasteiger partial charge in [0.1, 0.15) is 5.60 Å². The number of aliphatic hydroxyl groups is 1. The second-order valence-corrected chi connectivity index (χ2v) is 6.80. The Morgan fingerprint density at radius 3 is 2.41 bits per heavy atom. The second kappa shape index (κ2) is 9.49. The van der Waals surface area contributed by atoms with Crippen molar-refractivity contribution in [2.24, 2.45) is 0 Å². The number of nitrogens with one attached hydrogen (secondary N) is 2. The van der Waals surface area contributed by atoms with Crippen LogP contribution in [-0.4, -0.2) is 59.5 Å². The predicted octanol–water partition coefficient (Wildman–Crippen LogP) is -0.558. The minimum atomic E-state index is -4.35. The lowest BCUT2D eigenvalue weighted by Crippen LogP contribution is -2.49. The van der Waals surface area contributed by atoms with Gasteiger partial charge >= 0.3 is 7.82 Å². The first-order valence-electron chi connectivity index (χ1n) is 6.48. The molecule has 0 radical (unpaired) electrons. The highest BCUT2D eigenvalue weighted by molar-refractivity contribution is 7.80. The van der Waals surface area contributed by atoms with Crippen molar-refractivity contribution >= 4 is 32.3 Å². The number of aliphatic hydroxyl groups excluding tert-OH is 1. The fourth-order valence-corrected chi connectivity index (χ4v) is 2.26. The van der Waals surface area contributed by atoms with Gasteiger partial charge in [0, 0.05) is 32.4 Å². The molecule has 0 heterocycles. The number of hydrogen-bond acceptors (Lipinski definition) is 7. The molecular formula is C11H23N2O7PS. The van der Waals surface area contributed by atoms with Crippen molar-refractivity contribution in [3.63, 3.8) is 0 Å². The summed E-state index contributed by atoms with van der Waals surface area (Å²) in [6.45, 7) is 2.95. The molecule has 0 rings (SSSR count). The number of carbonyl (C=O) groups excluding carboxylic acids is 2. The summed E-state index contributed by atoms with van der Waals surface area (Å²) < 4.78 is 20.3. The molecule has 0 aliphatic carbocycles. The molecule has 0 aliphatic rings. The molecule has 0 aromatic heterocycles. The summed E-state index contributed by atoms with van der Waals surface area (Å²) in [5, 5.41) is 14.8. The van der Waals surface area contributed by atoms with Crippen molar-refractivity contribution in [3.05, 3.63) is 0 Å². The lowest BCUT2D eigenvalue weighted by atomic mass is 10.0. The molecule has 0 bridgehead atoms. The topological polar surface area (TPSA) is 134 Å². The molecule has 1 unspecified atom stereocenters. The quantitative estimate of drug-likeness (QED) is 0.261. The van der Waals surface area contributed by atoms with E-state index in [1.165, 1.54) is 13.8 Å². The van der Waals surface area contributed by atoms with Crippen LogP contribution in [0.25, 0.3) is 0 Å². The minimum absolute atomic E-state index is 0.00540. The third-order valence-corrected chi connectivity index (χ3v) is 3.96. The van der Waals surface area contributed by atoms with E-state index in [-0.39, 0.29) is 18.9 Å². The first-order valence-corrected chi connectivity index (χ1v) is 8.61. The van der Waals surface area contributed by atoms with Crippen molar-refractivity contribution in [2.75, 3.05) is 26.0 Å². The maximum atomic E-state index is 11.8. The average molecular weight is 358 g/mol. The maximum Gasteiger partial charge on any atom is 0.472 e. The van der Waals surface area contributed by atoms with Gasteiger partial charge < -0.3 is 20.6 Å². The van der Waals surface area contributed by atoms with Crippen molar-refractivity contribution in [1.82, 2.24) is 10.6 Å². The fourth-order valence-electron chi connectivity index (χ4n) is 1.38. The van der Waals surface area contributed by atoms with Crippen LogP contribution >= 0.6 is 20.5 Å². The molecule has 0 spiro atoms. The van der Waals surface area contributed by atoms with Crippen molar-refractivity contribution in [1.29, 1.82) is 0 Å². The highest BCUT2D eigenvalue weighted by Gasteiger charge is 2.40. The van der Waals surface area contributed by atoms with Gasteiger partial charge in [0.15, 0.2) is 6.10 Å². The van der Waals surface area contributed by atoms with Crippen LogP contribution in [0, 0.1) is 0 Å². The normalized spacial score (nSPS) is 15.7. The Morgan fingerprint density at radius 2 is 1.91 bits per heavy atom. The first kappa shape index (κ1) is 21.4. The lowest BCUT2D eigenvalue weighted by molar-refractivity contribution is -0.140. The average Bonchev–Trinajstić information content (AvgIpc) is 2.43. The molecule has 130 valence electrons. The van der Waals surface area contributed by atoms with Gasteiger partial charge in [-0.3, -0.25) is 18.6 Å². The monoisotopic (exact) mass is 358 g/mol. The van der Waals surface area contributed by atoms with Gasteiger partial charge in [-0.2, -0.15) is 12.6 Å². The molecule has 0 aromatic rings. The SMILES string of the molecule is COP(=O)(O)OC(C)(C)[C@H](O)C(=O)NCCC(=O)NCCS. The fraction of sp³-hybridized carbons (Fsp3) is 0.818. The van der Waals surface area contributed by atoms with E-state index in [1.54, 1.807) is 0 Å². The molecule has 0 fully saturated rings. The summed E-state index contributed by atoms with van der Waals surface area (Å²) in [4.78, 5) is 32.3. The molecule has 9 nitrogen and oxygen atoms in total. The molecule has 4 N–H and O–H groups in total. The molecule has 22 heavy (non-hydrogen) atoms. The number of hydrogen-bond donors (Lipinski definition) is 5. The number of carbonyl (C=O) groups is 2. The number of rotatable bonds is 10. The number of phosphoric acid groups is 1. The van der Waals surface area contributed by atoms with Crippen LogP contribution in [0.15, 0.2) is 0 Å². The van der Waals surface area contributed by atoms with E-state index in [0.717, 1.165) is 7.11 Å². The summed E-state index contributed by atoms with van der Waals surface area (Å²) in [6, 6.07) is 0. The number of amides is 2. The first-order chi connectivity index (χ1) is 10.1. The van der Waals surface area contributed by atoms with Gasteiger partial charge in [-0.25, -0.2) is 4.57 Å². The molecule has 0 saturated carbocycles. The van der Waals surface area contributed by atoms with Gasteiger partial charge in [-0.15, -0.1) is 0 Å². The van der Waals surface area contributed by atoms with Gasteiger partial charge in [0.05, 0.1) is 0 Å². The molecule has 11 heteroatoms. The summed E-state index contributed by atoms with van der Waals surface area (Å²) in [5.74, 6) is -0.593. The minimum Gasteiger partial charge on any atom is -0.380 e. The third kappa shape index (κ3) is 8.11. The van der Waals surface area contributed by atoms with E-state index in [4.69, 9.17) is 4.52 Å². The largest absolute Gasteiger partial charge is 0.472 e. The van der Waals surface area contributed by atoms with Crippen molar-refractivity contribution in [3.8, 4) is 0 Å². The van der Waals surface area contributed by atoms with E-state index < -0.39 is 25.4 Å². The molecule has 0 aromatic carbocycles. The van der Waals surface area contributed by atoms with Crippen LogP contribution in [0.2, 0.25) is 0 Å². The zero-order valence-electron chi connectivity index (χ0n) is 12.7. The Morgan fingerprint density at radius 1 is 1.32 bits per heavy atom. The van der Waals surface area contributed by atoms with Gasteiger partial charge in [-0.05, 0) is 13.8 Å². The summed E-state index contributed by atoms with van der Waals surface area (Å²) in [5.41, 5.74) is -1.65. The van der Waals surface area contributed by atoms with Crippen LogP contribution in [0.5, 0.6) is 0 Å². The summed E-state index contributed by atoms with van der Waals surface area (Å²) >= 11 is 3.93. The summed E-state index contributed by atoms with van der Waals surface area (Å²) in [6.07, 6.45) is -1.69. The molecule has 2 atom stereocenters. The Bertz CT molecular complexity index is 433. The van der Waals surface area contributed by atoms with Crippen LogP contribution in [0.3, 0.4) is 0 Å². The number of thiol groups is 1.